The molecule has 0 aromatic carbocycles. The Morgan fingerprint density at radius 3 is 2.75 bits per heavy atom. The van der Waals surface area contributed by atoms with Crippen LogP contribution in [0.4, 0.5) is 0 Å². The number of hydrogen-bond donors (Lipinski definition) is 1. The highest BCUT2D eigenvalue weighted by molar-refractivity contribution is 5.03. The summed E-state index contributed by atoms with van der Waals surface area (Å²) in [4.78, 5) is 2.29. The zero-order valence-corrected chi connectivity index (χ0v) is 10.7. The molecule has 1 heterocycles. The van der Waals surface area contributed by atoms with Gasteiger partial charge in [-0.1, -0.05) is 0 Å². The minimum atomic E-state index is -0.740. The molecular weight excluding hydrogens is 202 g/mol. The van der Waals surface area contributed by atoms with Crippen LogP contribution in [0.2, 0.25) is 0 Å². The van der Waals surface area contributed by atoms with Crippen LogP contribution in [-0.4, -0.2) is 42.3 Å². The van der Waals surface area contributed by atoms with Gasteiger partial charge in [0, 0.05) is 18.7 Å². The molecule has 0 aliphatic carbocycles. The second-order valence-electron chi connectivity index (χ2n) is 5.18. The fourth-order valence-corrected chi connectivity index (χ4v) is 2.39. The fraction of sp³-hybridized carbons (Fsp3) is 0.917. The molecule has 0 aromatic rings. The minimum absolute atomic E-state index is 0.276. The smallest absolute Gasteiger partial charge is 0.102 e. The maximum Gasteiger partial charge on any atom is 0.102 e. The van der Waals surface area contributed by atoms with Crippen molar-refractivity contribution in [3.8, 4) is 6.07 Å². The van der Waals surface area contributed by atoms with Gasteiger partial charge in [0.15, 0.2) is 0 Å². The highest BCUT2D eigenvalue weighted by Gasteiger charge is 2.32. The topological polar surface area (TPSA) is 62.3 Å². The van der Waals surface area contributed by atoms with Crippen LogP contribution >= 0.6 is 0 Å². The molecule has 92 valence electrons. The van der Waals surface area contributed by atoms with E-state index in [1.54, 1.807) is 6.92 Å². The van der Waals surface area contributed by atoms with E-state index in [4.69, 9.17) is 15.7 Å². The molecule has 4 atom stereocenters. The van der Waals surface area contributed by atoms with Gasteiger partial charge in [0.05, 0.1) is 12.2 Å². The zero-order chi connectivity index (χ0) is 12.3. The molecule has 0 bridgehead atoms. The number of rotatable bonds is 4. The molecule has 1 saturated heterocycles. The van der Waals surface area contributed by atoms with Crippen molar-refractivity contribution in [3.63, 3.8) is 0 Å². The van der Waals surface area contributed by atoms with Crippen molar-refractivity contribution in [2.75, 3.05) is 13.7 Å². The van der Waals surface area contributed by atoms with Crippen LogP contribution in [0.5, 0.6) is 0 Å². The molecule has 0 amide bonds. The fourth-order valence-electron chi connectivity index (χ4n) is 2.39. The summed E-state index contributed by atoms with van der Waals surface area (Å²) in [5, 5.41) is 8.92. The van der Waals surface area contributed by atoms with Crippen molar-refractivity contribution >= 4 is 0 Å². The molecule has 0 radical (unpaired) electrons. The largest absolute Gasteiger partial charge is 0.377 e. The summed E-state index contributed by atoms with van der Waals surface area (Å²) in [5.41, 5.74) is 5.13. The predicted molar refractivity (Wildman–Crippen MR) is 63.9 cm³/mol. The lowest BCUT2D eigenvalue weighted by atomic mass is 9.94. The van der Waals surface area contributed by atoms with Crippen molar-refractivity contribution in [1.29, 1.82) is 5.26 Å². The van der Waals surface area contributed by atoms with Gasteiger partial charge in [-0.3, -0.25) is 4.90 Å². The van der Waals surface area contributed by atoms with Crippen molar-refractivity contribution in [2.45, 2.75) is 57.3 Å². The molecule has 0 saturated carbocycles. The first-order valence-electron chi connectivity index (χ1n) is 5.91. The van der Waals surface area contributed by atoms with Gasteiger partial charge in [-0.2, -0.15) is 5.26 Å². The van der Waals surface area contributed by atoms with Crippen LogP contribution in [0.15, 0.2) is 0 Å². The van der Waals surface area contributed by atoms with E-state index in [2.05, 4.69) is 31.9 Å². The molecule has 4 nitrogen and oxygen atoms in total. The third-order valence-corrected chi connectivity index (χ3v) is 3.53. The van der Waals surface area contributed by atoms with Crippen LogP contribution in [0, 0.1) is 11.3 Å². The van der Waals surface area contributed by atoms with Gasteiger partial charge in [0.2, 0.25) is 0 Å². The quantitative estimate of drug-likeness (QED) is 0.778. The minimum Gasteiger partial charge on any atom is -0.377 e. The Bertz CT molecular complexity index is 272. The monoisotopic (exact) mass is 225 g/mol. The summed E-state index contributed by atoms with van der Waals surface area (Å²) in [6.07, 6.45) is 2.03. The molecule has 1 aliphatic rings. The Labute approximate surface area is 98.4 Å². The van der Waals surface area contributed by atoms with Crippen LogP contribution in [0.1, 0.15) is 33.6 Å². The average molecular weight is 225 g/mol. The molecule has 1 aliphatic heterocycles. The Kier molecular flexibility index (Phi) is 4.31. The van der Waals surface area contributed by atoms with E-state index in [1.165, 1.54) is 0 Å². The normalized spacial score (nSPS) is 31.1. The number of nitrogens with two attached hydrogens (primary N) is 1. The molecule has 0 aromatic heterocycles. The van der Waals surface area contributed by atoms with Crippen molar-refractivity contribution in [2.24, 2.45) is 5.73 Å². The average Bonchev–Trinajstić information content (AvgIpc) is 2.62. The van der Waals surface area contributed by atoms with Crippen LogP contribution in [-0.2, 0) is 4.74 Å². The highest BCUT2D eigenvalue weighted by atomic mass is 16.5. The van der Waals surface area contributed by atoms with E-state index >= 15 is 0 Å². The van der Waals surface area contributed by atoms with Gasteiger partial charge in [-0.15, -0.1) is 0 Å². The Balaban J connectivity index is 2.54. The first-order valence-corrected chi connectivity index (χ1v) is 5.91. The molecule has 0 spiro atoms. The number of hydrogen-bond acceptors (Lipinski definition) is 4. The van der Waals surface area contributed by atoms with Gasteiger partial charge in [-0.25, -0.2) is 0 Å². The van der Waals surface area contributed by atoms with Crippen LogP contribution in [0.25, 0.3) is 0 Å². The summed E-state index contributed by atoms with van der Waals surface area (Å²) < 4.78 is 5.56. The van der Waals surface area contributed by atoms with Crippen molar-refractivity contribution in [3.05, 3.63) is 0 Å². The number of ether oxygens (including phenoxy) is 1. The van der Waals surface area contributed by atoms with E-state index in [-0.39, 0.29) is 6.10 Å². The molecule has 16 heavy (non-hydrogen) atoms. The molecule has 1 rings (SSSR count). The van der Waals surface area contributed by atoms with Crippen LogP contribution in [0.3, 0.4) is 0 Å². The van der Waals surface area contributed by atoms with Crippen molar-refractivity contribution < 1.29 is 4.74 Å². The molecule has 2 N–H and O–H groups in total. The lowest BCUT2D eigenvalue weighted by molar-refractivity contribution is 0.0663. The summed E-state index contributed by atoms with van der Waals surface area (Å²) in [5.74, 6) is 0. The highest BCUT2D eigenvalue weighted by Crippen LogP contribution is 2.22. The molecule has 4 heteroatoms. The second-order valence-corrected chi connectivity index (χ2v) is 5.18. The van der Waals surface area contributed by atoms with Gasteiger partial charge in [0.1, 0.15) is 5.54 Å². The second kappa shape index (κ2) is 5.13. The maximum atomic E-state index is 8.92. The summed E-state index contributed by atoms with van der Waals surface area (Å²) in [6, 6.07) is 2.89. The maximum absolute atomic E-state index is 8.92. The lowest BCUT2D eigenvalue weighted by Crippen LogP contribution is -2.47. The Morgan fingerprint density at radius 1 is 1.69 bits per heavy atom. The number of likely N-dealkylation sites (N-methyl/N-ethyl adjacent to an activating group) is 1. The molecular formula is C12H23N3O. The Morgan fingerprint density at radius 2 is 2.31 bits per heavy atom. The summed E-state index contributed by atoms with van der Waals surface area (Å²) in [6.45, 7) is 6.84. The van der Waals surface area contributed by atoms with Gasteiger partial charge >= 0.3 is 0 Å². The molecule has 4 unspecified atom stereocenters. The van der Waals surface area contributed by atoms with Crippen molar-refractivity contribution in [1.82, 2.24) is 4.90 Å². The van der Waals surface area contributed by atoms with E-state index in [1.807, 2.05) is 0 Å². The molecule has 1 fully saturated rings. The third-order valence-electron chi connectivity index (χ3n) is 3.53. The SMILES string of the molecule is CC1OCCC1N(C)C(C)CC(C)(N)C#N. The van der Waals surface area contributed by atoms with E-state index < -0.39 is 5.54 Å². The van der Waals surface area contributed by atoms with Gasteiger partial charge in [0.25, 0.3) is 0 Å². The van der Waals surface area contributed by atoms with E-state index in [0.717, 1.165) is 13.0 Å². The van der Waals surface area contributed by atoms with Gasteiger partial charge < -0.3 is 10.5 Å². The third kappa shape index (κ3) is 3.18. The Hall–Kier alpha value is -0.630. The number of nitrogens with zero attached hydrogens (tertiary/aromatic N) is 2. The zero-order valence-electron chi connectivity index (χ0n) is 10.7. The lowest BCUT2D eigenvalue weighted by Gasteiger charge is -2.34. The van der Waals surface area contributed by atoms with Gasteiger partial charge in [-0.05, 0) is 40.7 Å². The summed E-state index contributed by atoms with van der Waals surface area (Å²) >= 11 is 0. The first kappa shape index (κ1) is 13.4. The standard InChI is InChI=1S/C12H23N3O/c1-9(7-12(3,14)8-13)15(4)11-5-6-16-10(11)2/h9-11H,5-7,14H2,1-4H3. The van der Waals surface area contributed by atoms with E-state index in [9.17, 15) is 0 Å². The number of nitriles is 1. The predicted octanol–water partition coefficient (Wildman–Crippen LogP) is 1.12. The first-order chi connectivity index (χ1) is 7.37. The summed E-state index contributed by atoms with van der Waals surface area (Å²) in [7, 11) is 2.09. The van der Waals surface area contributed by atoms with Crippen LogP contribution < -0.4 is 5.73 Å². The van der Waals surface area contributed by atoms with E-state index in [0.29, 0.717) is 18.5 Å².